The number of aromatic nitrogens is 1. The summed E-state index contributed by atoms with van der Waals surface area (Å²) in [4.78, 5) is 12.6. The van der Waals surface area contributed by atoms with Crippen LogP contribution in [0.25, 0.3) is 10.9 Å². The summed E-state index contributed by atoms with van der Waals surface area (Å²) in [5, 5.41) is 11.8. The molecule has 0 saturated heterocycles. The normalized spacial score (nSPS) is 16.6. The quantitative estimate of drug-likeness (QED) is 0.733. The number of benzene rings is 2. The molecule has 0 aliphatic carbocycles. The maximum Gasteiger partial charge on any atom is 0.269 e. The second kappa shape index (κ2) is 6.46. The van der Waals surface area contributed by atoms with E-state index in [9.17, 15) is 18.3 Å². The average Bonchev–Trinajstić information content (AvgIpc) is 3.00. The van der Waals surface area contributed by atoms with Crippen molar-refractivity contribution in [3.8, 4) is 0 Å². The molecular weight excluding hydrogens is 376 g/mol. The van der Waals surface area contributed by atoms with Crippen LogP contribution in [0.4, 0.5) is 0 Å². The second-order valence-electron chi connectivity index (χ2n) is 7.33. The monoisotopic (exact) mass is 398 g/mol. The Balaban J connectivity index is 1.63. The Kier molecular flexibility index (Phi) is 4.32. The number of β-amino-alcohol motifs (C(OH)–C–C–N with tert-alkyl or cyclic N) is 1. The summed E-state index contributed by atoms with van der Waals surface area (Å²) in [5.41, 5.74) is 4.43. The number of amides is 1. The molecule has 1 unspecified atom stereocenters. The molecule has 3 aromatic rings. The Hall–Kier alpha value is -2.64. The van der Waals surface area contributed by atoms with Gasteiger partial charge in [0.1, 0.15) is 4.90 Å². The summed E-state index contributed by atoms with van der Waals surface area (Å²) in [6.45, 7) is 5.97. The maximum atomic E-state index is 12.7. The van der Waals surface area contributed by atoms with E-state index in [0.717, 1.165) is 32.0 Å². The number of nitrogens with zero attached hydrogens (tertiary/aromatic N) is 2. The third kappa shape index (κ3) is 2.73. The standard InChI is InChI=1S/C21H22N2O4S/c1-13-8-9-19-18(10-13)14(2)15(3)22(19)11-16(24)12-23-21(25)17-6-4-5-7-20(17)28(23,26)27/h4-10,16,24H,11-12H2,1-3H3. The lowest BCUT2D eigenvalue weighted by Gasteiger charge is -2.21. The number of carbonyl (C=O) groups excluding carboxylic acids is 1. The van der Waals surface area contributed by atoms with E-state index in [1.165, 1.54) is 12.1 Å². The molecule has 1 aliphatic heterocycles. The molecule has 1 aliphatic rings. The molecule has 146 valence electrons. The van der Waals surface area contributed by atoms with Crippen LogP contribution in [0.1, 0.15) is 27.2 Å². The van der Waals surface area contributed by atoms with Gasteiger partial charge in [-0.05, 0) is 50.6 Å². The lowest BCUT2D eigenvalue weighted by Crippen LogP contribution is -2.38. The van der Waals surface area contributed by atoms with E-state index < -0.39 is 22.0 Å². The summed E-state index contributed by atoms with van der Waals surface area (Å²) < 4.78 is 28.1. The van der Waals surface area contributed by atoms with Gasteiger partial charge in [0.05, 0.1) is 24.8 Å². The summed E-state index contributed by atoms with van der Waals surface area (Å²) in [7, 11) is -3.92. The van der Waals surface area contributed by atoms with Gasteiger partial charge in [0, 0.05) is 16.6 Å². The molecule has 1 atom stereocenters. The van der Waals surface area contributed by atoms with Crippen LogP contribution in [0.5, 0.6) is 0 Å². The zero-order valence-electron chi connectivity index (χ0n) is 16.0. The minimum atomic E-state index is -3.92. The van der Waals surface area contributed by atoms with Gasteiger partial charge in [-0.15, -0.1) is 0 Å². The van der Waals surface area contributed by atoms with Gasteiger partial charge >= 0.3 is 0 Å². The van der Waals surface area contributed by atoms with Crippen molar-refractivity contribution in [2.45, 2.75) is 38.3 Å². The summed E-state index contributed by atoms with van der Waals surface area (Å²) in [6, 6.07) is 12.3. The molecule has 0 spiro atoms. The van der Waals surface area contributed by atoms with Crippen LogP contribution in [-0.2, 0) is 16.6 Å². The Labute approximate surface area is 164 Å². The molecule has 7 heteroatoms. The molecule has 0 saturated carbocycles. The molecule has 1 N–H and O–H groups in total. The fourth-order valence-electron chi connectivity index (χ4n) is 3.87. The second-order valence-corrected chi connectivity index (χ2v) is 9.16. The predicted molar refractivity (Wildman–Crippen MR) is 107 cm³/mol. The Bertz CT molecular complexity index is 1210. The van der Waals surface area contributed by atoms with Crippen molar-refractivity contribution < 1.29 is 18.3 Å². The maximum absolute atomic E-state index is 12.7. The highest BCUT2D eigenvalue weighted by Gasteiger charge is 2.41. The van der Waals surface area contributed by atoms with Crippen LogP contribution in [0.3, 0.4) is 0 Å². The van der Waals surface area contributed by atoms with Gasteiger partial charge in [0.25, 0.3) is 15.9 Å². The number of fused-ring (bicyclic) bond motifs is 2. The van der Waals surface area contributed by atoms with Gasteiger partial charge in [0.15, 0.2) is 0 Å². The largest absolute Gasteiger partial charge is 0.389 e. The highest BCUT2D eigenvalue weighted by atomic mass is 32.2. The van der Waals surface area contributed by atoms with E-state index in [2.05, 4.69) is 6.07 Å². The summed E-state index contributed by atoms with van der Waals surface area (Å²) in [6.07, 6.45) is -1.02. The Morgan fingerprint density at radius 2 is 1.75 bits per heavy atom. The fraction of sp³-hybridized carbons (Fsp3) is 0.286. The molecule has 2 aromatic carbocycles. The number of aliphatic hydroxyl groups excluding tert-OH is 1. The van der Waals surface area contributed by atoms with Crippen molar-refractivity contribution in [3.63, 3.8) is 0 Å². The van der Waals surface area contributed by atoms with Gasteiger partial charge < -0.3 is 9.67 Å². The molecule has 1 amide bonds. The van der Waals surface area contributed by atoms with Crippen LogP contribution in [-0.4, -0.2) is 41.0 Å². The summed E-state index contributed by atoms with van der Waals surface area (Å²) >= 11 is 0. The van der Waals surface area contributed by atoms with Gasteiger partial charge in [-0.25, -0.2) is 12.7 Å². The molecule has 28 heavy (non-hydrogen) atoms. The fourth-order valence-corrected chi connectivity index (χ4v) is 5.48. The first-order valence-corrected chi connectivity index (χ1v) is 10.6. The predicted octanol–water partition coefficient (Wildman–Crippen LogP) is 2.77. The van der Waals surface area contributed by atoms with Crippen LogP contribution >= 0.6 is 0 Å². The van der Waals surface area contributed by atoms with E-state index >= 15 is 0 Å². The van der Waals surface area contributed by atoms with E-state index in [4.69, 9.17) is 0 Å². The van der Waals surface area contributed by atoms with E-state index in [0.29, 0.717) is 0 Å². The van der Waals surface area contributed by atoms with Crippen molar-refractivity contribution >= 4 is 26.8 Å². The van der Waals surface area contributed by atoms with Crippen molar-refractivity contribution in [1.29, 1.82) is 0 Å². The highest BCUT2D eigenvalue weighted by molar-refractivity contribution is 7.90. The zero-order chi connectivity index (χ0) is 20.2. The Morgan fingerprint density at radius 3 is 2.46 bits per heavy atom. The SMILES string of the molecule is Cc1ccc2c(c1)c(C)c(C)n2CC(O)CN1C(=O)c2ccccc2S1(=O)=O. The molecule has 2 heterocycles. The van der Waals surface area contributed by atoms with Gasteiger partial charge in [-0.3, -0.25) is 4.79 Å². The molecule has 0 radical (unpaired) electrons. The molecule has 4 rings (SSSR count). The third-order valence-corrected chi connectivity index (χ3v) is 7.28. The van der Waals surface area contributed by atoms with E-state index in [1.54, 1.807) is 12.1 Å². The minimum absolute atomic E-state index is 0.00103. The smallest absolute Gasteiger partial charge is 0.269 e. The topological polar surface area (TPSA) is 79.6 Å². The zero-order valence-corrected chi connectivity index (χ0v) is 16.8. The number of aliphatic hydroxyl groups is 1. The van der Waals surface area contributed by atoms with Gasteiger partial charge in [-0.1, -0.05) is 23.8 Å². The van der Waals surface area contributed by atoms with Gasteiger partial charge in [0.2, 0.25) is 0 Å². The first kappa shape index (κ1) is 18.7. The van der Waals surface area contributed by atoms with Gasteiger partial charge in [-0.2, -0.15) is 0 Å². The number of rotatable bonds is 4. The number of carbonyl (C=O) groups is 1. The van der Waals surface area contributed by atoms with Crippen molar-refractivity contribution in [3.05, 3.63) is 64.8 Å². The molecule has 0 bridgehead atoms. The van der Waals surface area contributed by atoms with Crippen molar-refractivity contribution in [1.82, 2.24) is 8.87 Å². The lowest BCUT2D eigenvalue weighted by atomic mass is 10.1. The minimum Gasteiger partial charge on any atom is -0.389 e. The Morgan fingerprint density at radius 1 is 1.04 bits per heavy atom. The van der Waals surface area contributed by atoms with Crippen molar-refractivity contribution in [2.75, 3.05) is 6.54 Å². The van der Waals surface area contributed by atoms with Crippen LogP contribution in [0.2, 0.25) is 0 Å². The number of aryl methyl sites for hydroxylation is 2. The first-order chi connectivity index (χ1) is 13.2. The number of sulfonamides is 1. The number of hydrogen-bond acceptors (Lipinski definition) is 4. The van der Waals surface area contributed by atoms with Crippen LogP contribution in [0, 0.1) is 20.8 Å². The van der Waals surface area contributed by atoms with E-state index in [1.807, 2.05) is 37.5 Å². The molecule has 6 nitrogen and oxygen atoms in total. The average molecular weight is 398 g/mol. The molecular formula is C21H22N2O4S. The highest BCUT2D eigenvalue weighted by Crippen LogP contribution is 2.31. The lowest BCUT2D eigenvalue weighted by molar-refractivity contribution is 0.0772. The summed E-state index contributed by atoms with van der Waals surface area (Å²) in [5.74, 6) is -0.587. The first-order valence-electron chi connectivity index (χ1n) is 9.12. The molecule has 1 aromatic heterocycles. The van der Waals surface area contributed by atoms with Crippen LogP contribution in [0.15, 0.2) is 47.4 Å². The van der Waals surface area contributed by atoms with E-state index in [-0.39, 0.29) is 23.5 Å². The van der Waals surface area contributed by atoms with Crippen molar-refractivity contribution in [2.24, 2.45) is 0 Å². The number of hydrogen-bond donors (Lipinski definition) is 1. The third-order valence-electron chi connectivity index (χ3n) is 5.48. The van der Waals surface area contributed by atoms with Crippen LogP contribution < -0.4 is 0 Å². The molecule has 0 fully saturated rings.